The lowest BCUT2D eigenvalue weighted by atomic mass is 9.97. The predicted octanol–water partition coefficient (Wildman–Crippen LogP) is 2.49. The van der Waals surface area contributed by atoms with E-state index in [1.165, 1.54) is 30.3 Å². The molecule has 7 heteroatoms. The quantitative estimate of drug-likeness (QED) is 0.890. The fourth-order valence-corrected chi connectivity index (χ4v) is 3.84. The third kappa shape index (κ3) is 4.11. The molecule has 138 valence electrons. The van der Waals surface area contributed by atoms with Gasteiger partial charge in [0, 0.05) is 18.7 Å². The zero-order valence-electron chi connectivity index (χ0n) is 14.5. The first-order valence-electron chi connectivity index (χ1n) is 8.41. The zero-order chi connectivity index (χ0) is 18.9. The van der Waals surface area contributed by atoms with Crippen molar-refractivity contribution in [3.05, 3.63) is 65.0 Å². The Morgan fingerprint density at radius 3 is 2.54 bits per heavy atom. The van der Waals surface area contributed by atoms with Crippen LogP contribution in [0.5, 0.6) is 0 Å². The summed E-state index contributed by atoms with van der Waals surface area (Å²) in [5, 5.41) is 5.07. The highest BCUT2D eigenvalue weighted by molar-refractivity contribution is 7.89. The fraction of sp³-hybridized carbons (Fsp3) is 0.316. The second-order valence-electron chi connectivity index (χ2n) is 6.76. The predicted molar refractivity (Wildman–Crippen MR) is 96.7 cm³/mol. The zero-order valence-corrected chi connectivity index (χ0v) is 15.3. The molecule has 3 rings (SSSR count). The highest BCUT2D eigenvalue weighted by Gasteiger charge is 2.27. The molecule has 0 bridgehead atoms. The molecule has 1 amide bonds. The maximum Gasteiger partial charge on any atom is 0.253 e. The maximum absolute atomic E-state index is 13.4. The van der Waals surface area contributed by atoms with Crippen molar-refractivity contribution in [1.29, 1.82) is 0 Å². The molecule has 1 aliphatic heterocycles. The number of hydrogen-bond acceptors (Lipinski definition) is 3. The van der Waals surface area contributed by atoms with Gasteiger partial charge in [-0.2, -0.15) is 0 Å². The molecular weight excluding hydrogens is 355 g/mol. The summed E-state index contributed by atoms with van der Waals surface area (Å²) in [6.07, 6.45) is 1.69. The lowest BCUT2D eigenvalue weighted by Gasteiger charge is -2.17. The number of sulfonamides is 1. The molecule has 1 unspecified atom stereocenters. The molecule has 2 aromatic carbocycles. The van der Waals surface area contributed by atoms with Crippen LogP contribution in [0.15, 0.2) is 47.4 Å². The Morgan fingerprint density at radius 1 is 1.23 bits per heavy atom. The van der Waals surface area contributed by atoms with Gasteiger partial charge in [-0.05, 0) is 67.1 Å². The van der Waals surface area contributed by atoms with Gasteiger partial charge in [0.15, 0.2) is 0 Å². The van der Waals surface area contributed by atoms with E-state index in [-0.39, 0.29) is 16.6 Å². The van der Waals surface area contributed by atoms with Gasteiger partial charge in [-0.1, -0.05) is 12.1 Å². The number of aryl methyl sites for hydroxylation is 1. The minimum absolute atomic E-state index is 0.0139. The fourth-order valence-electron chi connectivity index (χ4n) is 3.32. The minimum Gasteiger partial charge on any atom is -0.338 e. The largest absolute Gasteiger partial charge is 0.338 e. The normalized spacial score (nSPS) is 17.5. The Hall–Kier alpha value is -2.25. The van der Waals surface area contributed by atoms with Crippen LogP contribution in [0, 0.1) is 18.7 Å². The Labute approximate surface area is 152 Å². The average Bonchev–Trinajstić information content (AvgIpc) is 3.05. The average molecular weight is 376 g/mol. The third-order valence-corrected chi connectivity index (χ3v) is 5.68. The summed E-state index contributed by atoms with van der Waals surface area (Å²) in [5.41, 5.74) is 2.14. The van der Waals surface area contributed by atoms with E-state index in [1.807, 2.05) is 6.07 Å². The van der Waals surface area contributed by atoms with E-state index in [0.717, 1.165) is 18.4 Å². The van der Waals surface area contributed by atoms with Gasteiger partial charge in [-0.25, -0.2) is 17.9 Å². The molecule has 1 saturated heterocycles. The molecule has 1 fully saturated rings. The van der Waals surface area contributed by atoms with Gasteiger partial charge in [-0.15, -0.1) is 0 Å². The number of carbonyl (C=O) groups is 1. The lowest BCUT2D eigenvalue weighted by Crippen LogP contribution is -2.29. The van der Waals surface area contributed by atoms with Gasteiger partial charge in [0.25, 0.3) is 5.91 Å². The van der Waals surface area contributed by atoms with Crippen LogP contribution in [0.25, 0.3) is 0 Å². The van der Waals surface area contributed by atoms with Crippen molar-refractivity contribution in [2.45, 2.75) is 24.7 Å². The van der Waals surface area contributed by atoms with Crippen LogP contribution in [0.3, 0.4) is 0 Å². The maximum atomic E-state index is 13.4. The molecule has 0 aromatic heterocycles. The van der Waals surface area contributed by atoms with Crippen LogP contribution in [0.4, 0.5) is 4.39 Å². The van der Waals surface area contributed by atoms with Crippen molar-refractivity contribution < 1.29 is 17.6 Å². The first-order chi connectivity index (χ1) is 12.2. The van der Waals surface area contributed by atoms with Crippen molar-refractivity contribution in [1.82, 2.24) is 4.90 Å². The Bertz CT molecular complexity index is 926. The first kappa shape index (κ1) is 18.5. The van der Waals surface area contributed by atoms with Crippen LogP contribution in [-0.2, 0) is 16.4 Å². The summed E-state index contributed by atoms with van der Waals surface area (Å²) in [6.45, 7) is 3.03. The minimum atomic E-state index is -3.77. The Kier molecular flexibility index (Phi) is 5.11. The monoisotopic (exact) mass is 376 g/mol. The molecule has 2 N–H and O–H groups in total. The van der Waals surface area contributed by atoms with Crippen molar-refractivity contribution in [3.8, 4) is 0 Å². The molecule has 5 nitrogen and oxygen atoms in total. The summed E-state index contributed by atoms with van der Waals surface area (Å²) < 4.78 is 36.0. The van der Waals surface area contributed by atoms with E-state index >= 15 is 0 Å². The van der Waals surface area contributed by atoms with Gasteiger partial charge in [0.05, 0.1) is 4.90 Å². The van der Waals surface area contributed by atoms with E-state index in [9.17, 15) is 17.6 Å². The molecule has 1 aliphatic rings. The van der Waals surface area contributed by atoms with Crippen LogP contribution < -0.4 is 5.14 Å². The number of benzene rings is 2. The van der Waals surface area contributed by atoms with Gasteiger partial charge in [0.2, 0.25) is 10.0 Å². The number of nitrogens with two attached hydrogens (primary N) is 1. The summed E-state index contributed by atoms with van der Waals surface area (Å²) in [4.78, 5) is 14.4. The smallest absolute Gasteiger partial charge is 0.253 e. The number of likely N-dealkylation sites (tertiary alicyclic amines) is 1. The molecule has 1 atom stereocenters. The topological polar surface area (TPSA) is 80.5 Å². The number of amides is 1. The van der Waals surface area contributed by atoms with E-state index < -0.39 is 10.0 Å². The SMILES string of the molecule is Cc1cc(CC2CCN(C(=O)c3ccc(S(N)(=O)=O)cc3)C2)ccc1F. The van der Waals surface area contributed by atoms with Crippen LogP contribution in [0.2, 0.25) is 0 Å². The molecule has 0 spiro atoms. The second-order valence-corrected chi connectivity index (χ2v) is 8.32. The van der Waals surface area contributed by atoms with Crippen LogP contribution in [0.1, 0.15) is 27.9 Å². The highest BCUT2D eigenvalue weighted by atomic mass is 32.2. The Balaban J connectivity index is 1.64. The molecule has 0 aliphatic carbocycles. The number of hydrogen-bond donors (Lipinski definition) is 1. The summed E-state index contributed by atoms with van der Waals surface area (Å²) >= 11 is 0. The van der Waals surface area contributed by atoms with E-state index in [0.29, 0.717) is 30.1 Å². The lowest BCUT2D eigenvalue weighted by molar-refractivity contribution is 0.0787. The number of nitrogens with zero attached hydrogens (tertiary/aromatic N) is 1. The molecule has 1 heterocycles. The standard InChI is InChI=1S/C19H21FN2O3S/c1-13-10-14(2-7-18(13)20)11-15-8-9-22(12-15)19(23)16-3-5-17(6-4-16)26(21,24)25/h2-7,10,15H,8-9,11-12H2,1H3,(H2,21,24,25). The number of primary sulfonamides is 1. The van der Waals surface area contributed by atoms with Crippen molar-refractivity contribution in [3.63, 3.8) is 0 Å². The highest BCUT2D eigenvalue weighted by Crippen LogP contribution is 2.23. The summed E-state index contributed by atoms with van der Waals surface area (Å²) in [6, 6.07) is 10.8. The molecule has 2 aromatic rings. The van der Waals surface area contributed by atoms with E-state index in [1.54, 1.807) is 17.9 Å². The third-order valence-electron chi connectivity index (χ3n) is 4.75. The van der Waals surface area contributed by atoms with E-state index in [2.05, 4.69) is 0 Å². The molecule has 0 saturated carbocycles. The number of halogens is 1. The van der Waals surface area contributed by atoms with Gasteiger partial charge >= 0.3 is 0 Å². The Morgan fingerprint density at radius 2 is 1.92 bits per heavy atom. The van der Waals surface area contributed by atoms with E-state index in [4.69, 9.17) is 5.14 Å². The van der Waals surface area contributed by atoms with Gasteiger partial charge in [-0.3, -0.25) is 4.79 Å². The van der Waals surface area contributed by atoms with Gasteiger partial charge < -0.3 is 4.90 Å². The molecular formula is C19H21FN2O3S. The van der Waals surface area contributed by atoms with Gasteiger partial charge in [0.1, 0.15) is 5.82 Å². The molecule has 0 radical (unpaired) electrons. The first-order valence-corrected chi connectivity index (χ1v) is 9.96. The molecule has 26 heavy (non-hydrogen) atoms. The number of carbonyl (C=O) groups excluding carboxylic acids is 1. The second kappa shape index (κ2) is 7.17. The number of rotatable bonds is 4. The van der Waals surface area contributed by atoms with Crippen LogP contribution in [-0.4, -0.2) is 32.3 Å². The van der Waals surface area contributed by atoms with Crippen molar-refractivity contribution >= 4 is 15.9 Å². The summed E-state index contributed by atoms with van der Waals surface area (Å²) in [7, 11) is -3.77. The van der Waals surface area contributed by atoms with Crippen molar-refractivity contribution in [2.24, 2.45) is 11.1 Å². The summed E-state index contributed by atoms with van der Waals surface area (Å²) in [5.74, 6) is -0.00354. The van der Waals surface area contributed by atoms with Crippen molar-refractivity contribution in [2.75, 3.05) is 13.1 Å². The van der Waals surface area contributed by atoms with Crippen LogP contribution >= 0.6 is 0 Å².